The lowest BCUT2D eigenvalue weighted by molar-refractivity contribution is -0.144. The van der Waals surface area contributed by atoms with Crippen molar-refractivity contribution in [3.63, 3.8) is 0 Å². The van der Waals surface area contributed by atoms with Gasteiger partial charge in [-0.05, 0) is 17.7 Å². The number of aliphatic carboxylic acids is 1. The molecule has 0 saturated carbocycles. The quantitative estimate of drug-likeness (QED) is 0.906. The van der Waals surface area contributed by atoms with E-state index in [1.54, 1.807) is 24.3 Å². The molecule has 5 nitrogen and oxygen atoms in total. The Morgan fingerprint density at radius 2 is 2.00 bits per heavy atom. The van der Waals surface area contributed by atoms with Crippen LogP contribution in [0.1, 0.15) is 18.4 Å². The van der Waals surface area contributed by atoms with Gasteiger partial charge in [0.2, 0.25) is 5.91 Å². The van der Waals surface area contributed by atoms with Crippen LogP contribution in [0.3, 0.4) is 0 Å². The van der Waals surface area contributed by atoms with Crippen LogP contribution in [0.2, 0.25) is 5.02 Å². The average molecular weight is 267 g/mol. The fraction of sp³-hybridized carbons (Fsp3) is 0.250. The van der Waals surface area contributed by atoms with Crippen molar-refractivity contribution in [3.8, 4) is 0 Å². The highest BCUT2D eigenvalue weighted by Crippen LogP contribution is 2.17. The van der Waals surface area contributed by atoms with Crippen molar-refractivity contribution in [2.75, 3.05) is 6.54 Å². The van der Waals surface area contributed by atoms with E-state index in [1.165, 1.54) is 0 Å². The van der Waals surface area contributed by atoms with E-state index in [0.29, 0.717) is 17.2 Å². The zero-order chi connectivity index (χ0) is 13.1. The second-order valence-electron chi connectivity index (χ2n) is 3.90. The molecule has 0 unspecified atom stereocenters. The summed E-state index contributed by atoms with van der Waals surface area (Å²) in [5, 5.41) is 14.4. The summed E-state index contributed by atoms with van der Waals surface area (Å²) in [5.74, 6) is -1.35. The predicted molar refractivity (Wildman–Crippen MR) is 66.6 cm³/mol. The SMILES string of the molecule is O=C(O)CN1N=C(c2ccc(Cl)cc2)CCC1=O. The van der Waals surface area contributed by atoms with Crippen molar-refractivity contribution < 1.29 is 14.7 Å². The standard InChI is InChI=1S/C12H11ClN2O3/c13-9-3-1-8(2-4-9)10-5-6-11(16)15(14-10)7-12(17)18/h1-4H,5-7H2,(H,17,18). The largest absolute Gasteiger partial charge is 0.480 e. The zero-order valence-electron chi connectivity index (χ0n) is 9.47. The van der Waals surface area contributed by atoms with Gasteiger partial charge in [0.25, 0.3) is 0 Å². The normalized spacial score (nSPS) is 15.5. The molecule has 18 heavy (non-hydrogen) atoms. The summed E-state index contributed by atoms with van der Waals surface area (Å²) in [6.07, 6.45) is 0.783. The van der Waals surface area contributed by atoms with Crippen LogP contribution in [0.15, 0.2) is 29.4 Å². The van der Waals surface area contributed by atoms with Crippen molar-refractivity contribution in [2.45, 2.75) is 12.8 Å². The average Bonchev–Trinajstić information content (AvgIpc) is 2.32. The number of carboxylic acids is 1. The molecule has 0 fully saturated rings. The summed E-state index contributed by atoms with van der Waals surface area (Å²) < 4.78 is 0. The van der Waals surface area contributed by atoms with E-state index in [-0.39, 0.29) is 12.3 Å². The van der Waals surface area contributed by atoms with E-state index in [9.17, 15) is 9.59 Å². The number of nitrogens with zero attached hydrogens (tertiary/aromatic N) is 2. The maximum absolute atomic E-state index is 11.5. The fourth-order valence-electron chi connectivity index (χ4n) is 1.70. The summed E-state index contributed by atoms with van der Waals surface area (Å²) in [6, 6.07) is 7.07. The first-order chi connectivity index (χ1) is 8.56. The number of carbonyl (C=O) groups is 2. The monoisotopic (exact) mass is 266 g/mol. The van der Waals surface area contributed by atoms with Crippen LogP contribution in [0, 0.1) is 0 Å². The number of hydrazone groups is 1. The van der Waals surface area contributed by atoms with Gasteiger partial charge in [-0.25, -0.2) is 5.01 Å². The van der Waals surface area contributed by atoms with Gasteiger partial charge in [0.05, 0.1) is 5.71 Å². The topological polar surface area (TPSA) is 70.0 Å². The second kappa shape index (κ2) is 5.18. The zero-order valence-corrected chi connectivity index (χ0v) is 10.2. The van der Waals surface area contributed by atoms with Gasteiger partial charge in [-0.3, -0.25) is 9.59 Å². The molecule has 0 atom stereocenters. The van der Waals surface area contributed by atoms with Gasteiger partial charge < -0.3 is 5.11 Å². The van der Waals surface area contributed by atoms with E-state index in [1.807, 2.05) is 0 Å². The minimum absolute atomic E-state index is 0.268. The lowest BCUT2D eigenvalue weighted by Gasteiger charge is -2.22. The Labute approximate surface area is 109 Å². The van der Waals surface area contributed by atoms with E-state index < -0.39 is 12.5 Å². The summed E-state index contributed by atoms with van der Waals surface area (Å²) in [7, 11) is 0. The van der Waals surface area contributed by atoms with Gasteiger partial charge in [-0.2, -0.15) is 5.10 Å². The molecular weight excluding hydrogens is 256 g/mol. The molecule has 6 heteroatoms. The maximum Gasteiger partial charge on any atom is 0.325 e. The van der Waals surface area contributed by atoms with Crippen molar-refractivity contribution in [1.82, 2.24) is 5.01 Å². The van der Waals surface area contributed by atoms with Gasteiger partial charge in [-0.15, -0.1) is 0 Å². The number of rotatable bonds is 3. The number of halogens is 1. The van der Waals surface area contributed by atoms with Crippen molar-refractivity contribution in [3.05, 3.63) is 34.9 Å². The molecule has 0 saturated heterocycles. The van der Waals surface area contributed by atoms with Crippen LogP contribution in [-0.2, 0) is 9.59 Å². The Morgan fingerprint density at radius 3 is 2.61 bits per heavy atom. The van der Waals surface area contributed by atoms with Gasteiger partial charge in [0.15, 0.2) is 0 Å². The molecule has 94 valence electrons. The van der Waals surface area contributed by atoms with E-state index in [0.717, 1.165) is 10.6 Å². The third-order valence-electron chi connectivity index (χ3n) is 2.57. The molecule has 1 heterocycles. The van der Waals surface area contributed by atoms with Crippen LogP contribution < -0.4 is 0 Å². The molecule has 1 aliphatic rings. The van der Waals surface area contributed by atoms with Crippen LogP contribution in [0.25, 0.3) is 0 Å². The molecule has 0 aliphatic carbocycles. The number of carboxylic acid groups (broad SMARTS) is 1. The van der Waals surface area contributed by atoms with Crippen LogP contribution in [0.5, 0.6) is 0 Å². The van der Waals surface area contributed by atoms with E-state index in [2.05, 4.69) is 5.10 Å². The molecule has 1 aromatic rings. The summed E-state index contributed by atoms with van der Waals surface area (Å²) in [5.41, 5.74) is 1.55. The molecule has 0 spiro atoms. The van der Waals surface area contributed by atoms with Gasteiger partial charge in [0.1, 0.15) is 6.54 Å². The van der Waals surface area contributed by atoms with Crippen LogP contribution in [0.4, 0.5) is 0 Å². The summed E-state index contributed by atoms with van der Waals surface area (Å²) >= 11 is 5.79. The summed E-state index contributed by atoms with van der Waals surface area (Å²) in [4.78, 5) is 22.1. The number of carbonyl (C=O) groups excluding carboxylic acids is 1. The highest BCUT2D eigenvalue weighted by atomic mass is 35.5. The number of benzene rings is 1. The third kappa shape index (κ3) is 2.87. The highest BCUT2D eigenvalue weighted by molar-refractivity contribution is 6.30. The van der Waals surface area contributed by atoms with Gasteiger partial charge in [-0.1, -0.05) is 23.7 Å². The molecule has 0 radical (unpaired) electrons. The Hall–Kier alpha value is -1.88. The van der Waals surface area contributed by atoms with Gasteiger partial charge in [0, 0.05) is 17.9 Å². The number of hydrogen-bond donors (Lipinski definition) is 1. The highest BCUT2D eigenvalue weighted by Gasteiger charge is 2.22. The smallest absolute Gasteiger partial charge is 0.325 e. The number of hydrogen-bond acceptors (Lipinski definition) is 3. The first-order valence-corrected chi connectivity index (χ1v) is 5.79. The van der Waals surface area contributed by atoms with E-state index in [4.69, 9.17) is 16.7 Å². The second-order valence-corrected chi connectivity index (χ2v) is 4.34. The van der Waals surface area contributed by atoms with Crippen molar-refractivity contribution in [1.29, 1.82) is 0 Å². The first-order valence-electron chi connectivity index (χ1n) is 5.42. The summed E-state index contributed by atoms with van der Waals surface area (Å²) in [6.45, 7) is -0.407. The number of amides is 1. The molecular formula is C12H11ClN2O3. The Bertz CT molecular complexity index is 511. The Kier molecular flexibility index (Phi) is 3.62. The molecule has 2 rings (SSSR count). The predicted octanol–water partition coefficient (Wildman–Crippen LogP) is 1.75. The molecule has 1 aromatic carbocycles. The van der Waals surface area contributed by atoms with Crippen LogP contribution >= 0.6 is 11.6 Å². The van der Waals surface area contributed by atoms with Crippen LogP contribution in [-0.4, -0.2) is 34.2 Å². The maximum atomic E-state index is 11.5. The Balaban J connectivity index is 2.25. The third-order valence-corrected chi connectivity index (χ3v) is 2.82. The molecule has 0 bridgehead atoms. The molecule has 1 amide bonds. The molecule has 0 aromatic heterocycles. The van der Waals surface area contributed by atoms with E-state index >= 15 is 0 Å². The first kappa shape index (κ1) is 12.6. The molecule has 1 aliphatic heterocycles. The minimum Gasteiger partial charge on any atom is -0.480 e. The lowest BCUT2D eigenvalue weighted by atomic mass is 10.0. The van der Waals surface area contributed by atoms with Crippen molar-refractivity contribution in [2.24, 2.45) is 5.10 Å². The lowest BCUT2D eigenvalue weighted by Crippen LogP contribution is -2.35. The minimum atomic E-state index is -1.08. The van der Waals surface area contributed by atoms with Gasteiger partial charge >= 0.3 is 5.97 Å². The van der Waals surface area contributed by atoms with Crippen molar-refractivity contribution >= 4 is 29.2 Å². The Morgan fingerprint density at radius 1 is 1.33 bits per heavy atom. The molecule has 1 N–H and O–H groups in total. The fourth-order valence-corrected chi connectivity index (χ4v) is 1.83.